The molecule has 3 N–H and O–H groups in total. The SMILES string of the molecule is CC(=O)N[C@H](C)C(=O)N[C@@H](CC(=O)O)C(=O)COC(=O)Cc1cccc2ccccc12. The molecule has 2 rings (SSSR count). The summed E-state index contributed by atoms with van der Waals surface area (Å²) in [6, 6.07) is 10.7. The fourth-order valence-electron chi connectivity index (χ4n) is 2.99. The average molecular weight is 428 g/mol. The van der Waals surface area contributed by atoms with Gasteiger partial charge in [-0.15, -0.1) is 0 Å². The molecular formula is C22H24N2O7. The number of ether oxygens (including phenoxy) is 1. The summed E-state index contributed by atoms with van der Waals surface area (Å²) in [5.41, 5.74) is 0.732. The molecule has 0 aliphatic heterocycles. The van der Waals surface area contributed by atoms with Crippen LogP contribution < -0.4 is 10.6 Å². The van der Waals surface area contributed by atoms with Crippen LogP contribution in [0.25, 0.3) is 10.8 Å². The summed E-state index contributed by atoms with van der Waals surface area (Å²) in [6.07, 6.45) is -0.748. The Morgan fingerprint density at radius 1 is 1.00 bits per heavy atom. The van der Waals surface area contributed by atoms with Gasteiger partial charge in [0.15, 0.2) is 12.4 Å². The fraction of sp³-hybridized carbons (Fsp3) is 0.318. The third-order valence-electron chi connectivity index (χ3n) is 4.49. The Hall–Kier alpha value is -3.75. The molecule has 164 valence electrons. The average Bonchev–Trinajstić information content (AvgIpc) is 2.71. The van der Waals surface area contributed by atoms with Crippen LogP contribution in [0.5, 0.6) is 0 Å². The van der Waals surface area contributed by atoms with Gasteiger partial charge in [0, 0.05) is 6.92 Å². The Morgan fingerprint density at radius 2 is 1.68 bits per heavy atom. The van der Waals surface area contributed by atoms with Crippen LogP contribution in [-0.2, 0) is 35.1 Å². The van der Waals surface area contributed by atoms with Gasteiger partial charge in [-0.05, 0) is 23.3 Å². The predicted molar refractivity (Wildman–Crippen MR) is 111 cm³/mol. The van der Waals surface area contributed by atoms with Crippen LogP contribution in [0.2, 0.25) is 0 Å². The van der Waals surface area contributed by atoms with E-state index in [9.17, 15) is 24.0 Å². The lowest BCUT2D eigenvalue weighted by Gasteiger charge is -2.19. The Morgan fingerprint density at radius 3 is 2.35 bits per heavy atom. The first kappa shape index (κ1) is 23.5. The molecule has 0 aliphatic carbocycles. The topological polar surface area (TPSA) is 139 Å². The number of ketones is 1. The Balaban J connectivity index is 1.97. The zero-order valence-electron chi connectivity index (χ0n) is 17.2. The number of carbonyl (C=O) groups is 5. The van der Waals surface area contributed by atoms with Gasteiger partial charge in [0.1, 0.15) is 12.1 Å². The van der Waals surface area contributed by atoms with E-state index in [1.165, 1.54) is 13.8 Å². The van der Waals surface area contributed by atoms with E-state index in [1.54, 1.807) is 6.07 Å². The number of hydrogen-bond acceptors (Lipinski definition) is 6. The maximum Gasteiger partial charge on any atom is 0.310 e. The second-order valence-electron chi connectivity index (χ2n) is 7.02. The number of fused-ring (bicyclic) bond motifs is 1. The second-order valence-corrected chi connectivity index (χ2v) is 7.02. The highest BCUT2D eigenvalue weighted by atomic mass is 16.5. The first-order valence-corrected chi connectivity index (χ1v) is 9.61. The van der Waals surface area contributed by atoms with E-state index in [2.05, 4.69) is 10.6 Å². The van der Waals surface area contributed by atoms with Gasteiger partial charge in [0.25, 0.3) is 0 Å². The number of amides is 2. The number of aliphatic carboxylic acids is 1. The molecule has 0 aliphatic rings. The smallest absolute Gasteiger partial charge is 0.310 e. The predicted octanol–water partition coefficient (Wildman–Crippen LogP) is 0.979. The van der Waals surface area contributed by atoms with E-state index in [4.69, 9.17) is 9.84 Å². The monoisotopic (exact) mass is 428 g/mol. The summed E-state index contributed by atoms with van der Waals surface area (Å²) in [7, 11) is 0. The van der Waals surface area contributed by atoms with Gasteiger partial charge in [0.2, 0.25) is 11.8 Å². The molecule has 2 aromatic rings. The molecule has 0 radical (unpaired) electrons. The fourth-order valence-corrected chi connectivity index (χ4v) is 2.99. The van der Waals surface area contributed by atoms with Crippen molar-refractivity contribution in [2.24, 2.45) is 0 Å². The lowest BCUT2D eigenvalue weighted by atomic mass is 10.0. The highest BCUT2D eigenvalue weighted by Crippen LogP contribution is 2.19. The van der Waals surface area contributed by atoms with Crippen LogP contribution in [0.1, 0.15) is 25.8 Å². The standard InChI is InChI=1S/C22H24N2O7/c1-13(23-14(2)25)22(30)24-18(11-20(27)28)19(26)12-31-21(29)10-16-8-5-7-15-6-3-4-9-17(15)16/h3-9,13,18H,10-12H2,1-2H3,(H,23,25)(H,24,30)(H,27,28)/t13-,18+/m1/s1. The quantitative estimate of drug-likeness (QED) is 0.479. The van der Waals surface area contributed by atoms with Gasteiger partial charge >= 0.3 is 11.9 Å². The summed E-state index contributed by atoms with van der Waals surface area (Å²) >= 11 is 0. The van der Waals surface area contributed by atoms with Crippen LogP contribution in [-0.4, -0.2) is 53.3 Å². The summed E-state index contributed by atoms with van der Waals surface area (Å²) in [5.74, 6) is -3.91. The number of rotatable bonds is 10. The van der Waals surface area contributed by atoms with E-state index in [0.717, 1.165) is 16.3 Å². The van der Waals surface area contributed by atoms with E-state index >= 15 is 0 Å². The van der Waals surface area contributed by atoms with Gasteiger partial charge in [-0.2, -0.15) is 0 Å². The number of hydrogen-bond donors (Lipinski definition) is 3. The van der Waals surface area contributed by atoms with Gasteiger partial charge in [-0.3, -0.25) is 24.0 Å². The third kappa shape index (κ3) is 7.22. The molecule has 0 unspecified atom stereocenters. The molecule has 9 heteroatoms. The van der Waals surface area contributed by atoms with Gasteiger partial charge in [0.05, 0.1) is 12.8 Å². The normalized spacial score (nSPS) is 12.5. The lowest BCUT2D eigenvalue weighted by Crippen LogP contribution is -2.51. The molecule has 0 heterocycles. The van der Waals surface area contributed by atoms with Crippen LogP contribution in [0.3, 0.4) is 0 Å². The number of nitrogens with one attached hydrogen (secondary N) is 2. The van der Waals surface area contributed by atoms with Gasteiger partial charge in [-0.1, -0.05) is 42.5 Å². The van der Waals surface area contributed by atoms with Crippen molar-refractivity contribution in [3.05, 3.63) is 48.0 Å². The number of carboxylic acids is 1. The van der Waals surface area contributed by atoms with Gasteiger partial charge < -0.3 is 20.5 Å². The maximum atomic E-state index is 12.4. The van der Waals surface area contributed by atoms with E-state index in [0.29, 0.717) is 0 Å². The first-order chi connectivity index (χ1) is 14.7. The molecule has 2 aromatic carbocycles. The van der Waals surface area contributed by atoms with Crippen molar-refractivity contribution in [1.82, 2.24) is 10.6 Å². The summed E-state index contributed by atoms with van der Waals surface area (Å²) in [5, 5.41) is 15.5. The molecule has 0 bridgehead atoms. The molecule has 0 fully saturated rings. The van der Waals surface area contributed by atoms with Crippen molar-refractivity contribution >= 4 is 40.3 Å². The first-order valence-electron chi connectivity index (χ1n) is 9.61. The third-order valence-corrected chi connectivity index (χ3v) is 4.49. The number of esters is 1. The Labute approximate surface area is 178 Å². The summed E-state index contributed by atoms with van der Waals surface area (Å²) in [6.45, 7) is 1.93. The largest absolute Gasteiger partial charge is 0.481 e. The maximum absolute atomic E-state index is 12.4. The minimum atomic E-state index is -1.40. The van der Waals surface area contributed by atoms with Crippen molar-refractivity contribution in [3.63, 3.8) is 0 Å². The summed E-state index contributed by atoms with van der Waals surface area (Å²) < 4.78 is 5.02. The minimum Gasteiger partial charge on any atom is -0.481 e. The van der Waals surface area contributed by atoms with Crippen molar-refractivity contribution in [1.29, 1.82) is 0 Å². The van der Waals surface area contributed by atoms with Crippen LogP contribution in [0.4, 0.5) is 0 Å². The Kier molecular flexibility index (Phi) is 8.25. The number of carbonyl (C=O) groups excluding carboxylic acids is 4. The Bertz CT molecular complexity index is 997. The summed E-state index contributed by atoms with van der Waals surface area (Å²) in [4.78, 5) is 58.8. The van der Waals surface area contributed by atoms with Gasteiger partial charge in [-0.25, -0.2) is 0 Å². The molecule has 2 atom stereocenters. The number of carboxylic acid groups (broad SMARTS) is 1. The number of benzene rings is 2. The molecule has 0 spiro atoms. The van der Waals surface area contributed by atoms with Crippen molar-refractivity contribution in [2.45, 2.75) is 38.8 Å². The lowest BCUT2D eigenvalue weighted by molar-refractivity contribution is -0.148. The van der Waals surface area contributed by atoms with E-state index < -0.39 is 54.6 Å². The second kappa shape index (κ2) is 10.9. The van der Waals surface area contributed by atoms with E-state index in [-0.39, 0.29) is 6.42 Å². The zero-order valence-corrected chi connectivity index (χ0v) is 17.2. The number of Topliss-reactive ketones (excluding diaryl/α,β-unsaturated/α-hetero) is 1. The highest BCUT2D eigenvalue weighted by molar-refractivity contribution is 5.96. The van der Waals surface area contributed by atoms with Crippen molar-refractivity contribution in [3.8, 4) is 0 Å². The molecule has 9 nitrogen and oxygen atoms in total. The zero-order chi connectivity index (χ0) is 23.0. The highest BCUT2D eigenvalue weighted by Gasteiger charge is 2.27. The van der Waals surface area contributed by atoms with Crippen molar-refractivity contribution < 1.29 is 33.8 Å². The molecule has 0 saturated heterocycles. The molecule has 2 amide bonds. The molecule has 31 heavy (non-hydrogen) atoms. The molecule has 0 aromatic heterocycles. The minimum absolute atomic E-state index is 0.0653. The van der Waals surface area contributed by atoms with Crippen molar-refractivity contribution in [2.75, 3.05) is 6.61 Å². The molecular weight excluding hydrogens is 404 g/mol. The van der Waals surface area contributed by atoms with E-state index in [1.807, 2.05) is 36.4 Å². The van der Waals surface area contributed by atoms with Crippen LogP contribution >= 0.6 is 0 Å². The van der Waals surface area contributed by atoms with Crippen LogP contribution in [0, 0.1) is 0 Å². The molecule has 0 saturated carbocycles. The van der Waals surface area contributed by atoms with Crippen LogP contribution in [0.15, 0.2) is 42.5 Å².